The van der Waals surface area contributed by atoms with Crippen LogP contribution in [0.15, 0.2) is 59.0 Å². The molecule has 0 saturated heterocycles. The van der Waals surface area contributed by atoms with Crippen molar-refractivity contribution < 1.29 is 13.9 Å². The Hall–Kier alpha value is -2.14. The second-order valence-electron chi connectivity index (χ2n) is 5.09. The fraction of sp³-hybridized carbons (Fsp3) is 0.0556. The number of carbonyl (C=O) groups is 1. The predicted octanol–water partition coefficient (Wildman–Crippen LogP) is 6.07. The van der Waals surface area contributed by atoms with Gasteiger partial charge in [-0.2, -0.15) is 0 Å². The molecule has 4 nitrogen and oxygen atoms in total. The van der Waals surface area contributed by atoms with Crippen molar-refractivity contribution in [2.75, 3.05) is 5.32 Å². The second kappa shape index (κ2) is 7.83. The van der Waals surface area contributed by atoms with Gasteiger partial charge in [-0.1, -0.05) is 34.8 Å². The van der Waals surface area contributed by atoms with Crippen LogP contribution in [0.1, 0.15) is 16.3 Å². The highest BCUT2D eigenvalue weighted by molar-refractivity contribution is 6.36. The predicted molar refractivity (Wildman–Crippen MR) is 98.9 cm³/mol. The van der Waals surface area contributed by atoms with Crippen LogP contribution in [0.3, 0.4) is 0 Å². The fourth-order valence-corrected chi connectivity index (χ4v) is 2.62. The molecule has 0 saturated carbocycles. The first kappa shape index (κ1) is 17.7. The molecule has 25 heavy (non-hydrogen) atoms. The van der Waals surface area contributed by atoms with E-state index in [1.807, 2.05) is 0 Å². The second-order valence-corrected chi connectivity index (χ2v) is 6.37. The zero-order chi connectivity index (χ0) is 17.8. The summed E-state index contributed by atoms with van der Waals surface area (Å²) in [6.07, 6.45) is 0. The van der Waals surface area contributed by atoms with Crippen LogP contribution in [0.2, 0.25) is 15.1 Å². The van der Waals surface area contributed by atoms with Gasteiger partial charge >= 0.3 is 0 Å². The summed E-state index contributed by atoms with van der Waals surface area (Å²) >= 11 is 17.7. The summed E-state index contributed by atoms with van der Waals surface area (Å²) in [6.45, 7) is 0.191. The normalized spacial score (nSPS) is 10.5. The molecule has 0 atom stereocenters. The Kier molecular flexibility index (Phi) is 5.53. The van der Waals surface area contributed by atoms with E-state index >= 15 is 0 Å². The summed E-state index contributed by atoms with van der Waals surface area (Å²) in [5.41, 5.74) is 0.450. The van der Waals surface area contributed by atoms with Gasteiger partial charge in [0.25, 0.3) is 5.91 Å². The maximum atomic E-state index is 12.2. The molecule has 0 fully saturated rings. The molecule has 1 amide bonds. The summed E-state index contributed by atoms with van der Waals surface area (Å²) in [5.74, 6) is 0.907. The van der Waals surface area contributed by atoms with Gasteiger partial charge in [0.15, 0.2) is 5.76 Å². The van der Waals surface area contributed by atoms with Crippen LogP contribution in [0, 0.1) is 0 Å². The van der Waals surface area contributed by atoms with E-state index in [0.29, 0.717) is 32.3 Å². The van der Waals surface area contributed by atoms with Crippen LogP contribution in [0.25, 0.3) is 0 Å². The van der Waals surface area contributed by atoms with Crippen molar-refractivity contribution in [1.82, 2.24) is 0 Å². The quantitative estimate of drug-likeness (QED) is 0.569. The molecule has 3 rings (SSSR count). The Bertz CT molecular complexity index is 891. The highest BCUT2D eigenvalue weighted by atomic mass is 35.5. The van der Waals surface area contributed by atoms with Crippen LogP contribution in [-0.4, -0.2) is 5.91 Å². The standard InChI is InChI=1S/C18H12Cl3NO3/c19-11-1-4-13(5-2-11)24-10-14-6-8-17(25-14)18(23)22-16-7-3-12(20)9-15(16)21/h1-9H,10H2,(H,22,23). The summed E-state index contributed by atoms with van der Waals surface area (Å²) < 4.78 is 11.1. The average molecular weight is 397 g/mol. The monoisotopic (exact) mass is 395 g/mol. The maximum Gasteiger partial charge on any atom is 0.291 e. The van der Waals surface area contributed by atoms with Gasteiger partial charge in [0.2, 0.25) is 0 Å². The van der Waals surface area contributed by atoms with Crippen LogP contribution >= 0.6 is 34.8 Å². The van der Waals surface area contributed by atoms with Crippen LogP contribution < -0.4 is 10.1 Å². The van der Waals surface area contributed by atoms with E-state index < -0.39 is 5.91 Å². The molecule has 7 heteroatoms. The zero-order valence-corrected chi connectivity index (χ0v) is 15.0. The molecule has 1 heterocycles. The van der Waals surface area contributed by atoms with Gasteiger partial charge in [-0.25, -0.2) is 0 Å². The number of halogens is 3. The molecule has 0 spiro atoms. The Balaban J connectivity index is 1.62. The van der Waals surface area contributed by atoms with E-state index in [1.54, 1.807) is 54.6 Å². The number of anilines is 1. The number of rotatable bonds is 5. The SMILES string of the molecule is O=C(Nc1ccc(Cl)cc1Cl)c1ccc(COc2ccc(Cl)cc2)o1. The fourth-order valence-electron chi connectivity index (χ4n) is 2.04. The summed E-state index contributed by atoms with van der Waals surface area (Å²) in [5, 5.41) is 4.13. The van der Waals surface area contributed by atoms with Crippen LogP contribution in [0.5, 0.6) is 5.75 Å². The van der Waals surface area contributed by atoms with E-state index in [0.717, 1.165) is 0 Å². The van der Waals surface area contributed by atoms with E-state index in [1.165, 1.54) is 0 Å². The van der Waals surface area contributed by atoms with Crippen molar-refractivity contribution in [2.45, 2.75) is 6.61 Å². The van der Waals surface area contributed by atoms with Crippen molar-refractivity contribution in [3.63, 3.8) is 0 Å². The smallest absolute Gasteiger partial charge is 0.291 e. The number of nitrogens with one attached hydrogen (secondary N) is 1. The molecular weight excluding hydrogens is 385 g/mol. The lowest BCUT2D eigenvalue weighted by atomic mass is 10.3. The first-order chi connectivity index (χ1) is 12.0. The van der Waals surface area contributed by atoms with Gasteiger partial charge in [0, 0.05) is 10.0 Å². The zero-order valence-electron chi connectivity index (χ0n) is 12.8. The van der Waals surface area contributed by atoms with Gasteiger partial charge in [-0.05, 0) is 54.6 Å². The lowest BCUT2D eigenvalue weighted by Crippen LogP contribution is -2.11. The maximum absolute atomic E-state index is 12.2. The van der Waals surface area contributed by atoms with Gasteiger partial charge in [-0.15, -0.1) is 0 Å². The number of amides is 1. The summed E-state index contributed by atoms with van der Waals surface area (Å²) in [4.78, 5) is 12.2. The third-order valence-electron chi connectivity index (χ3n) is 3.26. The molecular formula is C18H12Cl3NO3. The van der Waals surface area contributed by atoms with Crippen LogP contribution in [-0.2, 0) is 6.61 Å². The molecule has 0 aliphatic heterocycles. The molecule has 128 valence electrons. The van der Waals surface area contributed by atoms with Gasteiger partial charge in [-0.3, -0.25) is 4.79 Å². The molecule has 0 aliphatic rings. The lowest BCUT2D eigenvalue weighted by molar-refractivity contribution is 0.0992. The summed E-state index contributed by atoms with van der Waals surface area (Å²) in [7, 11) is 0. The van der Waals surface area contributed by atoms with E-state index in [2.05, 4.69) is 5.32 Å². The topological polar surface area (TPSA) is 51.5 Å². The van der Waals surface area contributed by atoms with E-state index in [-0.39, 0.29) is 12.4 Å². The van der Waals surface area contributed by atoms with Crippen LogP contribution in [0.4, 0.5) is 5.69 Å². The number of furan rings is 1. The first-order valence-electron chi connectivity index (χ1n) is 7.25. The van der Waals surface area contributed by atoms with E-state index in [9.17, 15) is 4.79 Å². The summed E-state index contributed by atoms with van der Waals surface area (Å²) in [6, 6.07) is 15.0. The number of carbonyl (C=O) groups excluding carboxylic acids is 1. The lowest BCUT2D eigenvalue weighted by Gasteiger charge is -2.06. The number of hydrogen-bond donors (Lipinski definition) is 1. The highest BCUT2D eigenvalue weighted by Gasteiger charge is 2.13. The average Bonchev–Trinajstić information content (AvgIpc) is 3.06. The minimum Gasteiger partial charge on any atom is -0.486 e. The van der Waals surface area contributed by atoms with Crippen molar-refractivity contribution in [3.05, 3.63) is 81.2 Å². The van der Waals surface area contributed by atoms with Crippen molar-refractivity contribution >= 4 is 46.4 Å². The number of benzene rings is 2. The van der Waals surface area contributed by atoms with Gasteiger partial charge in [0.1, 0.15) is 18.1 Å². The Morgan fingerprint density at radius 2 is 1.68 bits per heavy atom. The van der Waals surface area contributed by atoms with Crippen molar-refractivity contribution in [3.8, 4) is 5.75 Å². The van der Waals surface area contributed by atoms with Crippen molar-refractivity contribution in [2.24, 2.45) is 0 Å². The molecule has 1 N–H and O–H groups in total. The number of hydrogen-bond acceptors (Lipinski definition) is 3. The molecule has 0 unspecified atom stereocenters. The molecule has 1 aromatic heterocycles. The molecule has 3 aromatic rings. The molecule has 0 radical (unpaired) electrons. The first-order valence-corrected chi connectivity index (χ1v) is 8.38. The molecule has 0 aliphatic carbocycles. The van der Waals surface area contributed by atoms with Crippen molar-refractivity contribution in [1.29, 1.82) is 0 Å². The third-order valence-corrected chi connectivity index (χ3v) is 4.06. The molecule has 0 bridgehead atoms. The number of ether oxygens (including phenoxy) is 1. The van der Waals surface area contributed by atoms with Gasteiger partial charge < -0.3 is 14.5 Å². The Morgan fingerprint density at radius 1 is 0.960 bits per heavy atom. The minimum absolute atomic E-state index is 0.153. The Labute approximate surface area is 159 Å². The highest BCUT2D eigenvalue weighted by Crippen LogP contribution is 2.26. The third kappa shape index (κ3) is 4.69. The van der Waals surface area contributed by atoms with E-state index in [4.69, 9.17) is 44.0 Å². The largest absolute Gasteiger partial charge is 0.486 e. The van der Waals surface area contributed by atoms with Gasteiger partial charge in [0.05, 0.1) is 10.7 Å². The minimum atomic E-state index is -0.415. The Morgan fingerprint density at radius 3 is 2.40 bits per heavy atom. The molecule has 2 aromatic carbocycles.